The summed E-state index contributed by atoms with van der Waals surface area (Å²) < 4.78 is 6.78. The fraction of sp³-hybridized carbons (Fsp3) is 0.438. The van der Waals surface area contributed by atoms with Crippen LogP contribution in [-0.2, 0) is 34.2 Å². The zero-order valence-electron chi connectivity index (χ0n) is 13.5. The number of rotatable bonds is 7. The smallest absolute Gasteiger partial charge is 0.242 e. The largest absolute Gasteiger partial charge is 0.467 e. The van der Waals surface area contributed by atoms with Gasteiger partial charge in [-0.15, -0.1) is 0 Å². The van der Waals surface area contributed by atoms with Crippen LogP contribution in [0.2, 0.25) is 0 Å². The van der Waals surface area contributed by atoms with Gasteiger partial charge in [0.05, 0.1) is 18.5 Å². The zero-order chi connectivity index (χ0) is 16.9. The van der Waals surface area contributed by atoms with Crippen LogP contribution < -0.4 is 10.6 Å². The molecule has 0 aromatic carbocycles. The normalized spacial score (nSPS) is 12.9. The molecular formula is C16H20N4O3S. The second-order valence-electron chi connectivity index (χ2n) is 5.58. The summed E-state index contributed by atoms with van der Waals surface area (Å²) in [4.78, 5) is 24.1. The predicted molar refractivity (Wildman–Crippen MR) is 91.3 cm³/mol. The summed E-state index contributed by atoms with van der Waals surface area (Å²) in [6.45, 7) is 2.36. The fourth-order valence-electron chi connectivity index (χ4n) is 2.53. The molecule has 0 bridgehead atoms. The summed E-state index contributed by atoms with van der Waals surface area (Å²) in [6, 6.07) is 3.58. The Morgan fingerprint density at radius 3 is 3.00 bits per heavy atom. The van der Waals surface area contributed by atoms with Gasteiger partial charge in [0.15, 0.2) is 0 Å². The topological polar surface area (TPSA) is 89.2 Å². The van der Waals surface area contributed by atoms with Crippen LogP contribution in [0.3, 0.4) is 0 Å². The minimum atomic E-state index is -0.175. The van der Waals surface area contributed by atoms with Crippen LogP contribution in [0.4, 0.5) is 5.82 Å². The number of anilines is 1. The minimum absolute atomic E-state index is 0.0469. The van der Waals surface area contributed by atoms with Crippen molar-refractivity contribution in [2.75, 3.05) is 5.32 Å². The average Bonchev–Trinajstić information content (AvgIpc) is 3.26. The molecule has 2 N–H and O–H groups in total. The molecule has 1 aliphatic heterocycles. The molecule has 1 aliphatic rings. The maximum atomic E-state index is 12.2. The summed E-state index contributed by atoms with van der Waals surface area (Å²) in [5.41, 5.74) is 1.98. The number of nitrogens with zero attached hydrogens (tertiary/aromatic N) is 2. The molecular weight excluding hydrogens is 328 g/mol. The molecule has 3 heterocycles. The van der Waals surface area contributed by atoms with Gasteiger partial charge in [-0.1, -0.05) is 6.92 Å². The van der Waals surface area contributed by atoms with E-state index in [1.54, 1.807) is 34.8 Å². The molecule has 0 saturated heterocycles. The standard InChI is InChI=1S/C16H20N4O3S/c1-2-4-14(21)18-16-12-9-24-10-13(12)19-20(16)8-15(22)17-7-11-5-3-6-23-11/h3,5-6H,2,4,7-10H2,1H3,(H,17,22)(H,18,21). The number of nitrogens with one attached hydrogen (secondary N) is 2. The number of furan rings is 1. The highest BCUT2D eigenvalue weighted by atomic mass is 32.2. The molecule has 7 nitrogen and oxygen atoms in total. The van der Waals surface area contributed by atoms with Crippen molar-refractivity contribution in [1.29, 1.82) is 0 Å². The Balaban J connectivity index is 1.68. The van der Waals surface area contributed by atoms with Gasteiger partial charge in [0.25, 0.3) is 0 Å². The summed E-state index contributed by atoms with van der Waals surface area (Å²) >= 11 is 1.76. The lowest BCUT2D eigenvalue weighted by atomic mass is 10.2. The van der Waals surface area contributed by atoms with Gasteiger partial charge in [-0.25, -0.2) is 4.68 Å². The summed E-state index contributed by atoms with van der Waals surface area (Å²) in [6.07, 6.45) is 2.80. The molecule has 0 radical (unpaired) electrons. The zero-order valence-corrected chi connectivity index (χ0v) is 14.3. The van der Waals surface area contributed by atoms with Gasteiger partial charge in [-0.05, 0) is 18.6 Å². The Hall–Kier alpha value is -2.22. The van der Waals surface area contributed by atoms with Crippen molar-refractivity contribution in [2.24, 2.45) is 0 Å². The van der Waals surface area contributed by atoms with Crippen LogP contribution in [0, 0.1) is 0 Å². The molecule has 2 aromatic rings. The average molecular weight is 348 g/mol. The maximum absolute atomic E-state index is 12.2. The summed E-state index contributed by atoms with van der Waals surface area (Å²) in [5.74, 6) is 2.75. The number of carbonyl (C=O) groups is 2. The SMILES string of the molecule is CCCC(=O)Nc1c2c(nn1CC(=O)NCc1ccco1)CSC2. The molecule has 2 aromatic heterocycles. The van der Waals surface area contributed by atoms with E-state index in [1.165, 1.54) is 0 Å². The van der Waals surface area contributed by atoms with Gasteiger partial charge in [0.2, 0.25) is 11.8 Å². The number of hydrogen-bond donors (Lipinski definition) is 2. The van der Waals surface area contributed by atoms with Gasteiger partial charge >= 0.3 is 0 Å². The van der Waals surface area contributed by atoms with E-state index in [0.717, 1.165) is 29.2 Å². The molecule has 0 spiro atoms. The molecule has 0 aliphatic carbocycles. The van der Waals surface area contributed by atoms with Gasteiger partial charge in [-0.3, -0.25) is 9.59 Å². The quantitative estimate of drug-likeness (QED) is 0.801. The van der Waals surface area contributed by atoms with Crippen molar-refractivity contribution in [3.63, 3.8) is 0 Å². The molecule has 0 atom stereocenters. The Kier molecular flexibility index (Phi) is 5.24. The van der Waals surface area contributed by atoms with Crippen LogP contribution in [-0.4, -0.2) is 21.6 Å². The molecule has 3 rings (SSSR count). The number of carbonyl (C=O) groups excluding carboxylic acids is 2. The second kappa shape index (κ2) is 7.57. The lowest BCUT2D eigenvalue weighted by molar-refractivity contribution is -0.122. The van der Waals surface area contributed by atoms with Crippen molar-refractivity contribution >= 4 is 29.4 Å². The van der Waals surface area contributed by atoms with Crippen molar-refractivity contribution in [1.82, 2.24) is 15.1 Å². The number of aromatic nitrogens is 2. The number of thioether (sulfide) groups is 1. The van der Waals surface area contributed by atoms with E-state index >= 15 is 0 Å². The maximum Gasteiger partial charge on any atom is 0.242 e. The monoisotopic (exact) mass is 348 g/mol. The van der Waals surface area contributed by atoms with Crippen LogP contribution in [0.25, 0.3) is 0 Å². The highest BCUT2D eigenvalue weighted by molar-refractivity contribution is 7.98. The highest BCUT2D eigenvalue weighted by Gasteiger charge is 2.24. The van der Waals surface area contributed by atoms with Gasteiger partial charge in [-0.2, -0.15) is 16.9 Å². The number of fused-ring (bicyclic) bond motifs is 1. The van der Waals surface area contributed by atoms with Crippen LogP contribution >= 0.6 is 11.8 Å². The second-order valence-corrected chi connectivity index (χ2v) is 6.56. The third-order valence-corrected chi connectivity index (χ3v) is 4.66. The minimum Gasteiger partial charge on any atom is -0.467 e. The molecule has 24 heavy (non-hydrogen) atoms. The Bertz CT molecular complexity index is 724. The first-order valence-electron chi connectivity index (χ1n) is 7.92. The lowest BCUT2D eigenvalue weighted by Crippen LogP contribution is -2.28. The van der Waals surface area contributed by atoms with Crippen LogP contribution in [0.15, 0.2) is 22.8 Å². The molecule has 8 heteroatoms. The Morgan fingerprint density at radius 1 is 1.38 bits per heavy atom. The Morgan fingerprint density at radius 2 is 2.25 bits per heavy atom. The number of hydrogen-bond acceptors (Lipinski definition) is 5. The Labute approximate surface area is 144 Å². The van der Waals surface area contributed by atoms with Crippen LogP contribution in [0.1, 0.15) is 36.8 Å². The molecule has 0 fully saturated rings. The molecule has 2 amide bonds. The first-order chi connectivity index (χ1) is 11.7. The van der Waals surface area contributed by atoms with E-state index in [-0.39, 0.29) is 18.4 Å². The van der Waals surface area contributed by atoms with Gasteiger partial charge < -0.3 is 15.1 Å². The van der Waals surface area contributed by atoms with Crippen molar-refractivity contribution < 1.29 is 14.0 Å². The third kappa shape index (κ3) is 3.81. The van der Waals surface area contributed by atoms with Crippen LogP contribution in [0.5, 0.6) is 0 Å². The van der Waals surface area contributed by atoms with Crippen molar-refractivity contribution in [3.05, 3.63) is 35.4 Å². The van der Waals surface area contributed by atoms with E-state index in [2.05, 4.69) is 15.7 Å². The van der Waals surface area contributed by atoms with E-state index in [0.29, 0.717) is 24.5 Å². The van der Waals surface area contributed by atoms with E-state index < -0.39 is 0 Å². The first-order valence-corrected chi connectivity index (χ1v) is 9.08. The molecule has 0 unspecified atom stereocenters. The third-order valence-electron chi connectivity index (χ3n) is 3.69. The predicted octanol–water partition coefficient (Wildman–Crippen LogP) is 2.28. The fourth-order valence-corrected chi connectivity index (χ4v) is 3.57. The molecule has 0 saturated carbocycles. The van der Waals surface area contributed by atoms with Crippen molar-refractivity contribution in [2.45, 2.75) is 44.4 Å². The van der Waals surface area contributed by atoms with E-state index in [9.17, 15) is 9.59 Å². The molecule has 128 valence electrons. The van der Waals surface area contributed by atoms with E-state index in [1.807, 2.05) is 6.92 Å². The van der Waals surface area contributed by atoms with Gasteiger partial charge in [0, 0.05) is 23.5 Å². The summed E-state index contributed by atoms with van der Waals surface area (Å²) in [7, 11) is 0. The highest BCUT2D eigenvalue weighted by Crippen LogP contribution is 2.34. The summed E-state index contributed by atoms with van der Waals surface area (Å²) in [5, 5.41) is 10.2. The first kappa shape index (κ1) is 16.6. The van der Waals surface area contributed by atoms with Gasteiger partial charge in [0.1, 0.15) is 18.1 Å². The lowest BCUT2D eigenvalue weighted by Gasteiger charge is -2.10. The van der Waals surface area contributed by atoms with E-state index in [4.69, 9.17) is 4.42 Å². The van der Waals surface area contributed by atoms with Crippen molar-refractivity contribution in [3.8, 4) is 0 Å². The number of amides is 2.